The number of nitrogens with zero attached hydrogens (tertiary/aromatic N) is 2. The quantitative estimate of drug-likeness (QED) is 0.843. The fourth-order valence-corrected chi connectivity index (χ4v) is 7.83. The zero-order valence-electron chi connectivity index (χ0n) is 14.8. The lowest BCUT2D eigenvalue weighted by molar-refractivity contribution is -0.00884. The van der Waals surface area contributed by atoms with Crippen molar-refractivity contribution in [2.45, 2.75) is 50.6 Å². The molecule has 1 aromatic heterocycles. The van der Waals surface area contributed by atoms with Gasteiger partial charge in [0.1, 0.15) is 5.82 Å². The van der Waals surface area contributed by atoms with Gasteiger partial charge in [0, 0.05) is 12.1 Å². The molecular formula is C18H26N4O3S. The number of nitrogens with one attached hydrogen (secondary N) is 2. The van der Waals surface area contributed by atoms with Crippen molar-refractivity contribution in [3.05, 3.63) is 12.3 Å². The molecule has 1 aromatic rings. The number of sulfone groups is 1. The van der Waals surface area contributed by atoms with E-state index in [1.807, 2.05) is 0 Å². The lowest BCUT2D eigenvalue weighted by Crippen LogP contribution is -2.56. The molecule has 4 saturated carbocycles. The number of amides is 2. The third-order valence-corrected chi connectivity index (χ3v) is 8.74. The Balaban J connectivity index is 1.25. The molecule has 5 aliphatic rings. The SMILES string of the molecule is O=C(Nc1ccnn1C1CCS(=O)(=O)C1)NC1C2CC3CC(C2)CC1C3. The maximum Gasteiger partial charge on any atom is 0.320 e. The van der Waals surface area contributed by atoms with Crippen molar-refractivity contribution in [1.82, 2.24) is 15.1 Å². The highest BCUT2D eigenvalue weighted by molar-refractivity contribution is 7.91. The topological polar surface area (TPSA) is 93.1 Å². The van der Waals surface area contributed by atoms with E-state index in [4.69, 9.17) is 0 Å². The highest BCUT2D eigenvalue weighted by Gasteiger charge is 2.48. The minimum absolute atomic E-state index is 0.0977. The van der Waals surface area contributed by atoms with Crippen molar-refractivity contribution in [1.29, 1.82) is 0 Å². The van der Waals surface area contributed by atoms with Crippen LogP contribution in [0.25, 0.3) is 0 Å². The van der Waals surface area contributed by atoms with E-state index in [1.54, 1.807) is 16.9 Å². The Hall–Kier alpha value is -1.57. The first-order valence-electron chi connectivity index (χ1n) is 9.78. The molecule has 6 rings (SSSR count). The number of aromatic nitrogens is 2. The molecule has 1 saturated heterocycles. The fourth-order valence-electron chi connectivity index (χ4n) is 6.14. The van der Waals surface area contributed by atoms with Crippen molar-refractivity contribution in [2.24, 2.45) is 23.7 Å². The minimum atomic E-state index is -2.99. The zero-order valence-corrected chi connectivity index (χ0v) is 15.6. The number of hydrogen-bond donors (Lipinski definition) is 2. The lowest BCUT2D eigenvalue weighted by atomic mass is 9.54. The second kappa shape index (κ2) is 5.97. The molecular weight excluding hydrogens is 352 g/mol. The number of rotatable bonds is 3. The predicted octanol–water partition coefficient (Wildman–Crippen LogP) is 2.19. The van der Waals surface area contributed by atoms with Crippen molar-refractivity contribution >= 4 is 21.7 Å². The van der Waals surface area contributed by atoms with E-state index in [0.29, 0.717) is 24.1 Å². The summed E-state index contributed by atoms with van der Waals surface area (Å²) in [6.45, 7) is 0. The summed E-state index contributed by atoms with van der Waals surface area (Å²) >= 11 is 0. The molecule has 0 spiro atoms. The summed E-state index contributed by atoms with van der Waals surface area (Å²) in [5.74, 6) is 3.88. The van der Waals surface area contributed by atoms with Crippen molar-refractivity contribution in [2.75, 3.05) is 16.8 Å². The molecule has 2 heterocycles. The normalized spacial score (nSPS) is 39.8. The average Bonchev–Trinajstić information content (AvgIpc) is 3.16. The first kappa shape index (κ1) is 16.6. The highest BCUT2D eigenvalue weighted by atomic mass is 32.2. The number of carbonyl (C=O) groups is 1. The Bertz CT molecular complexity index is 790. The minimum Gasteiger partial charge on any atom is -0.335 e. The number of carbonyl (C=O) groups excluding carboxylic acids is 1. The Morgan fingerprint density at radius 2 is 1.81 bits per heavy atom. The summed E-state index contributed by atoms with van der Waals surface area (Å²) in [7, 11) is -2.99. The van der Waals surface area contributed by atoms with E-state index < -0.39 is 9.84 Å². The Morgan fingerprint density at radius 1 is 1.12 bits per heavy atom. The molecule has 0 radical (unpaired) electrons. The van der Waals surface area contributed by atoms with Crippen molar-refractivity contribution in [3.63, 3.8) is 0 Å². The Morgan fingerprint density at radius 3 is 2.42 bits per heavy atom. The molecule has 2 N–H and O–H groups in total. The number of anilines is 1. The van der Waals surface area contributed by atoms with Gasteiger partial charge in [-0.1, -0.05) is 0 Å². The second-order valence-electron chi connectivity index (χ2n) is 8.77. The lowest BCUT2D eigenvalue weighted by Gasteiger charge is -2.54. The van der Waals surface area contributed by atoms with Gasteiger partial charge in [0.15, 0.2) is 9.84 Å². The molecule has 142 valence electrons. The van der Waals surface area contributed by atoms with Crippen LogP contribution >= 0.6 is 0 Å². The van der Waals surface area contributed by atoms with Crippen LogP contribution in [0, 0.1) is 23.7 Å². The molecule has 26 heavy (non-hydrogen) atoms. The molecule has 0 aromatic carbocycles. The maximum atomic E-state index is 12.6. The molecule has 1 atom stereocenters. The third-order valence-electron chi connectivity index (χ3n) is 6.99. The average molecular weight is 378 g/mol. The summed E-state index contributed by atoms with van der Waals surface area (Å²) in [4.78, 5) is 12.6. The standard InChI is InChI=1S/C18H26N4O3S/c23-18(21-17-13-6-11-5-12(8-13)9-14(17)7-11)20-16-1-3-19-22(16)15-2-4-26(24,25)10-15/h1,3,11-15,17H,2,4-10H2,(H2,20,21,23). The monoisotopic (exact) mass is 378 g/mol. The van der Waals surface area contributed by atoms with Gasteiger partial charge in [0.2, 0.25) is 0 Å². The van der Waals surface area contributed by atoms with Crippen LogP contribution in [0.15, 0.2) is 12.3 Å². The Kier molecular flexibility index (Phi) is 3.81. The van der Waals surface area contributed by atoms with Gasteiger partial charge in [-0.2, -0.15) is 5.10 Å². The molecule has 4 bridgehead atoms. The van der Waals surface area contributed by atoms with Crippen LogP contribution in [-0.4, -0.2) is 41.8 Å². The maximum absolute atomic E-state index is 12.6. The molecule has 1 unspecified atom stereocenters. The highest BCUT2D eigenvalue weighted by Crippen LogP contribution is 2.53. The van der Waals surface area contributed by atoms with Crippen molar-refractivity contribution < 1.29 is 13.2 Å². The van der Waals surface area contributed by atoms with Gasteiger partial charge in [-0.3, -0.25) is 5.32 Å². The van der Waals surface area contributed by atoms with E-state index in [1.165, 1.54) is 32.1 Å². The molecule has 1 aliphatic heterocycles. The summed E-state index contributed by atoms with van der Waals surface area (Å²) in [6, 6.07) is 1.64. The third kappa shape index (κ3) is 2.92. The van der Waals surface area contributed by atoms with E-state index in [2.05, 4.69) is 15.7 Å². The smallest absolute Gasteiger partial charge is 0.320 e. The molecule has 4 aliphatic carbocycles. The van der Waals surface area contributed by atoms with E-state index in [-0.39, 0.29) is 29.6 Å². The molecule has 8 heteroatoms. The fraction of sp³-hybridized carbons (Fsp3) is 0.778. The first-order chi connectivity index (χ1) is 12.5. The summed E-state index contributed by atoms with van der Waals surface area (Å²) in [6.07, 6.45) is 8.60. The van der Waals surface area contributed by atoms with Gasteiger partial charge in [-0.25, -0.2) is 17.9 Å². The molecule has 7 nitrogen and oxygen atoms in total. The summed E-state index contributed by atoms with van der Waals surface area (Å²) in [5.41, 5.74) is 0. The van der Waals surface area contributed by atoms with Crippen LogP contribution in [0.3, 0.4) is 0 Å². The first-order valence-corrected chi connectivity index (χ1v) is 11.6. The van der Waals surface area contributed by atoms with Crippen LogP contribution in [0.2, 0.25) is 0 Å². The van der Waals surface area contributed by atoms with E-state index in [9.17, 15) is 13.2 Å². The van der Waals surface area contributed by atoms with Crippen LogP contribution in [-0.2, 0) is 9.84 Å². The van der Waals surface area contributed by atoms with Crippen LogP contribution in [0.4, 0.5) is 10.6 Å². The molecule has 2 amide bonds. The van der Waals surface area contributed by atoms with Gasteiger partial charge in [0.05, 0.1) is 23.7 Å². The van der Waals surface area contributed by atoms with Crippen LogP contribution in [0.1, 0.15) is 44.6 Å². The van der Waals surface area contributed by atoms with Crippen LogP contribution < -0.4 is 10.6 Å². The predicted molar refractivity (Wildman–Crippen MR) is 97.5 cm³/mol. The van der Waals surface area contributed by atoms with Gasteiger partial charge < -0.3 is 5.32 Å². The van der Waals surface area contributed by atoms with Gasteiger partial charge in [-0.05, 0) is 62.2 Å². The zero-order chi connectivity index (χ0) is 17.9. The summed E-state index contributed by atoms with van der Waals surface area (Å²) < 4.78 is 25.1. The Labute approximate surface area is 153 Å². The van der Waals surface area contributed by atoms with Gasteiger partial charge in [0.25, 0.3) is 0 Å². The van der Waals surface area contributed by atoms with Gasteiger partial charge in [-0.15, -0.1) is 0 Å². The van der Waals surface area contributed by atoms with E-state index >= 15 is 0 Å². The summed E-state index contributed by atoms with van der Waals surface area (Å²) in [5, 5.41) is 10.4. The number of urea groups is 1. The van der Waals surface area contributed by atoms with Crippen molar-refractivity contribution in [3.8, 4) is 0 Å². The number of hydrogen-bond acceptors (Lipinski definition) is 4. The largest absolute Gasteiger partial charge is 0.335 e. The van der Waals surface area contributed by atoms with Gasteiger partial charge >= 0.3 is 6.03 Å². The second-order valence-corrected chi connectivity index (χ2v) is 11.0. The van der Waals surface area contributed by atoms with Crippen LogP contribution in [0.5, 0.6) is 0 Å². The molecule has 5 fully saturated rings. The van der Waals surface area contributed by atoms with E-state index in [0.717, 1.165) is 11.8 Å².